The van der Waals surface area contributed by atoms with Gasteiger partial charge in [-0.05, 0) is 38.1 Å². The van der Waals surface area contributed by atoms with E-state index in [0.717, 1.165) is 22.6 Å². The van der Waals surface area contributed by atoms with E-state index in [2.05, 4.69) is 25.6 Å². The predicted octanol–water partition coefficient (Wildman–Crippen LogP) is 3.60. The molecule has 0 saturated carbocycles. The van der Waals surface area contributed by atoms with Gasteiger partial charge in [-0.25, -0.2) is 9.97 Å². The first kappa shape index (κ1) is 19.3. The molecule has 3 rings (SSSR count). The van der Waals surface area contributed by atoms with Crippen LogP contribution in [-0.4, -0.2) is 34.0 Å². The van der Waals surface area contributed by atoms with Crippen LogP contribution < -0.4 is 15.4 Å². The van der Waals surface area contributed by atoms with Gasteiger partial charge in [0, 0.05) is 47.9 Å². The molecule has 0 unspecified atom stereocenters. The molecule has 0 aliphatic heterocycles. The van der Waals surface area contributed by atoms with Crippen LogP contribution in [0.4, 0.5) is 11.5 Å². The number of ether oxygens (including phenoxy) is 1. The van der Waals surface area contributed by atoms with Crippen molar-refractivity contribution in [2.24, 2.45) is 0 Å². The molecule has 2 aromatic heterocycles. The van der Waals surface area contributed by atoms with Crippen molar-refractivity contribution >= 4 is 17.4 Å². The van der Waals surface area contributed by atoms with Crippen molar-refractivity contribution in [2.75, 3.05) is 23.8 Å². The second-order valence-corrected chi connectivity index (χ2v) is 6.33. The number of anilines is 2. The van der Waals surface area contributed by atoms with E-state index in [9.17, 15) is 4.79 Å². The lowest BCUT2D eigenvalue weighted by Gasteiger charge is -2.13. The Bertz CT molecular complexity index is 960. The van der Waals surface area contributed by atoms with E-state index in [-0.39, 0.29) is 5.91 Å². The summed E-state index contributed by atoms with van der Waals surface area (Å²) < 4.78 is 5.77. The molecule has 0 bridgehead atoms. The first-order valence-corrected chi connectivity index (χ1v) is 9.03. The maximum absolute atomic E-state index is 11.2. The van der Waals surface area contributed by atoms with Gasteiger partial charge in [-0.3, -0.25) is 9.78 Å². The highest BCUT2D eigenvalue weighted by molar-refractivity contribution is 5.88. The number of pyridine rings is 1. The highest BCUT2D eigenvalue weighted by Crippen LogP contribution is 2.21. The smallest absolute Gasteiger partial charge is 0.221 e. The SMILES string of the molecule is CC(=O)Nc1cccc(OCCNc2nc(-c3cccnc3)nc(C)c2C)c1. The summed E-state index contributed by atoms with van der Waals surface area (Å²) in [6.07, 6.45) is 3.47. The van der Waals surface area contributed by atoms with Crippen LogP contribution in [0, 0.1) is 13.8 Å². The number of carbonyl (C=O) groups excluding carboxylic acids is 1. The Labute approximate surface area is 164 Å². The third-order valence-electron chi connectivity index (χ3n) is 4.13. The fourth-order valence-electron chi connectivity index (χ4n) is 2.63. The van der Waals surface area contributed by atoms with Crippen LogP contribution in [0.1, 0.15) is 18.2 Å². The monoisotopic (exact) mass is 377 g/mol. The lowest BCUT2D eigenvalue weighted by molar-refractivity contribution is -0.114. The lowest BCUT2D eigenvalue weighted by Crippen LogP contribution is -2.14. The van der Waals surface area contributed by atoms with Gasteiger partial charge >= 0.3 is 0 Å². The number of hydrogen-bond donors (Lipinski definition) is 2. The average molecular weight is 377 g/mol. The number of amides is 1. The maximum atomic E-state index is 11.2. The Kier molecular flexibility index (Phi) is 6.16. The van der Waals surface area contributed by atoms with Crippen LogP contribution in [0.25, 0.3) is 11.4 Å². The summed E-state index contributed by atoms with van der Waals surface area (Å²) >= 11 is 0. The van der Waals surface area contributed by atoms with Crippen LogP contribution in [0.2, 0.25) is 0 Å². The zero-order chi connectivity index (χ0) is 19.9. The molecule has 7 nitrogen and oxygen atoms in total. The molecule has 0 spiro atoms. The topological polar surface area (TPSA) is 89.0 Å². The van der Waals surface area contributed by atoms with E-state index in [1.165, 1.54) is 6.92 Å². The third kappa shape index (κ3) is 5.03. The quantitative estimate of drug-likeness (QED) is 0.612. The van der Waals surface area contributed by atoms with Crippen molar-refractivity contribution in [1.82, 2.24) is 15.0 Å². The minimum absolute atomic E-state index is 0.113. The number of aromatic nitrogens is 3. The molecular weight excluding hydrogens is 354 g/mol. The van der Waals surface area contributed by atoms with E-state index >= 15 is 0 Å². The fraction of sp³-hybridized carbons (Fsp3) is 0.238. The molecule has 28 heavy (non-hydrogen) atoms. The van der Waals surface area contributed by atoms with E-state index in [1.54, 1.807) is 18.5 Å². The second-order valence-electron chi connectivity index (χ2n) is 6.33. The van der Waals surface area contributed by atoms with Crippen molar-refractivity contribution in [3.05, 3.63) is 60.0 Å². The highest BCUT2D eigenvalue weighted by Gasteiger charge is 2.09. The van der Waals surface area contributed by atoms with Crippen LogP contribution >= 0.6 is 0 Å². The summed E-state index contributed by atoms with van der Waals surface area (Å²) in [5.41, 5.74) is 3.50. The number of benzene rings is 1. The predicted molar refractivity (Wildman–Crippen MR) is 109 cm³/mol. The molecule has 1 amide bonds. The van der Waals surface area contributed by atoms with Gasteiger partial charge in [0.2, 0.25) is 5.91 Å². The Morgan fingerprint density at radius 2 is 2.00 bits per heavy atom. The molecule has 3 aromatic rings. The summed E-state index contributed by atoms with van der Waals surface area (Å²) in [5.74, 6) is 2.00. The van der Waals surface area contributed by atoms with Gasteiger partial charge in [0.15, 0.2) is 5.82 Å². The van der Waals surface area contributed by atoms with Gasteiger partial charge in [-0.1, -0.05) is 6.07 Å². The zero-order valence-corrected chi connectivity index (χ0v) is 16.2. The van der Waals surface area contributed by atoms with E-state index in [0.29, 0.717) is 30.4 Å². The molecule has 2 heterocycles. The minimum atomic E-state index is -0.113. The summed E-state index contributed by atoms with van der Waals surface area (Å²) in [4.78, 5) is 24.5. The van der Waals surface area contributed by atoms with Gasteiger partial charge in [0.1, 0.15) is 18.2 Å². The molecule has 0 aliphatic rings. The van der Waals surface area contributed by atoms with Crippen molar-refractivity contribution in [3.63, 3.8) is 0 Å². The number of aryl methyl sites for hydroxylation is 1. The Balaban J connectivity index is 1.62. The third-order valence-corrected chi connectivity index (χ3v) is 4.13. The molecule has 0 saturated heterocycles. The van der Waals surface area contributed by atoms with Crippen LogP contribution in [0.5, 0.6) is 5.75 Å². The molecule has 7 heteroatoms. The van der Waals surface area contributed by atoms with E-state index in [4.69, 9.17) is 4.74 Å². The second kappa shape index (κ2) is 8.94. The maximum Gasteiger partial charge on any atom is 0.221 e. The Morgan fingerprint density at radius 3 is 2.75 bits per heavy atom. The van der Waals surface area contributed by atoms with Gasteiger partial charge < -0.3 is 15.4 Å². The van der Waals surface area contributed by atoms with E-state index < -0.39 is 0 Å². The first-order valence-electron chi connectivity index (χ1n) is 9.03. The number of hydrogen-bond acceptors (Lipinski definition) is 6. The van der Waals surface area contributed by atoms with Gasteiger partial charge in [0.05, 0.1) is 6.54 Å². The van der Waals surface area contributed by atoms with Crippen LogP contribution in [0.15, 0.2) is 48.8 Å². The summed E-state index contributed by atoms with van der Waals surface area (Å²) in [6.45, 7) is 6.46. The molecular formula is C21H23N5O2. The average Bonchev–Trinajstić information content (AvgIpc) is 2.68. The van der Waals surface area contributed by atoms with Crippen molar-refractivity contribution in [2.45, 2.75) is 20.8 Å². The molecule has 0 fully saturated rings. The zero-order valence-electron chi connectivity index (χ0n) is 16.2. The van der Waals surface area contributed by atoms with Gasteiger partial charge in [0.25, 0.3) is 0 Å². The molecule has 1 aromatic carbocycles. The Hall–Kier alpha value is -3.48. The van der Waals surface area contributed by atoms with Gasteiger partial charge in [-0.2, -0.15) is 0 Å². The normalized spacial score (nSPS) is 10.4. The number of rotatable bonds is 7. The summed E-state index contributed by atoms with van der Waals surface area (Å²) in [7, 11) is 0. The Morgan fingerprint density at radius 1 is 1.14 bits per heavy atom. The fourth-order valence-corrected chi connectivity index (χ4v) is 2.63. The highest BCUT2D eigenvalue weighted by atomic mass is 16.5. The van der Waals surface area contributed by atoms with E-state index in [1.807, 2.05) is 44.2 Å². The van der Waals surface area contributed by atoms with Crippen LogP contribution in [-0.2, 0) is 4.79 Å². The molecule has 144 valence electrons. The first-order chi connectivity index (χ1) is 13.5. The largest absolute Gasteiger partial charge is 0.492 e. The van der Waals surface area contributed by atoms with Crippen LogP contribution in [0.3, 0.4) is 0 Å². The van der Waals surface area contributed by atoms with Crippen molar-refractivity contribution in [1.29, 1.82) is 0 Å². The molecule has 0 radical (unpaired) electrons. The molecule has 0 atom stereocenters. The summed E-state index contributed by atoms with van der Waals surface area (Å²) in [6, 6.07) is 11.1. The summed E-state index contributed by atoms with van der Waals surface area (Å²) in [5, 5.41) is 6.06. The standard InChI is InChI=1S/C21H23N5O2/c1-14-15(2)24-21(17-6-5-9-22-13-17)26-20(14)23-10-11-28-19-8-4-7-18(12-19)25-16(3)27/h4-9,12-13H,10-11H2,1-3H3,(H,25,27)(H,23,24,26). The molecule has 2 N–H and O–H groups in total. The van der Waals surface area contributed by atoms with Gasteiger partial charge in [-0.15, -0.1) is 0 Å². The number of carbonyl (C=O) groups is 1. The number of nitrogens with one attached hydrogen (secondary N) is 2. The number of nitrogens with zero attached hydrogens (tertiary/aromatic N) is 3. The van der Waals surface area contributed by atoms with Crippen molar-refractivity contribution in [3.8, 4) is 17.1 Å². The molecule has 0 aliphatic carbocycles. The minimum Gasteiger partial charge on any atom is -0.492 e. The van der Waals surface area contributed by atoms with Crippen molar-refractivity contribution < 1.29 is 9.53 Å². The lowest BCUT2D eigenvalue weighted by atomic mass is 10.2.